The minimum absolute atomic E-state index is 0.00412. The van der Waals surface area contributed by atoms with Crippen LogP contribution in [0.1, 0.15) is 6.92 Å². The van der Waals surface area contributed by atoms with Crippen LogP contribution in [0.25, 0.3) is 11.1 Å². The zero-order valence-electron chi connectivity index (χ0n) is 9.55. The lowest BCUT2D eigenvalue weighted by Crippen LogP contribution is -2.17. The normalized spacial score (nSPS) is 10.2. The highest BCUT2D eigenvalue weighted by atomic mass is 16.1. The van der Waals surface area contributed by atoms with Gasteiger partial charge in [-0.1, -0.05) is 0 Å². The van der Waals surface area contributed by atoms with Crippen LogP contribution in [-0.2, 0) is 6.54 Å². The van der Waals surface area contributed by atoms with E-state index in [0.29, 0.717) is 12.4 Å². The van der Waals surface area contributed by atoms with Crippen molar-refractivity contribution in [2.24, 2.45) is 5.84 Å². The van der Waals surface area contributed by atoms with Crippen LogP contribution in [0.2, 0.25) is 0 Å². The smallest absolute Gasteiger partial charge is 0.250 e. The molecular weight excluding hydrogens is 216 g/mol. The first kappa shape index (κ1) is 11.3. The molecule has 0 atom stereocenters. The number of hydrogen-bond acceptors (Lipinski definition) is 4. The van der Waals surface area contributed by atoms with Gasteiger partial charge < -0.3 is 9.99 Å². The molecule has 0 aliphatic rings. The van der Waals surface area contributed by atoms with Gasteiger partial charge in [0.05, 0.1) is 0 Å². The van der Waals surface area contributed by atoms with Crippen molar-refractivity contribution in [1.82, 2.24) is 9.55 Å². The molecule has 0 aliphatic carbocycles. The Labute approximate surface area is 98.9 Å². The van der Waals surface area contributed by atoms with Crippen molar-refractivity contribution >= 4 is 5.82 Å². The predicted molar refractivity (Wildman–Crippen MR) is 67.4 cm³/mol. The number of anilines is 1. The van der Waals surface area contributed by atoms with Crippen LogP contribution in [-0.4, -0.2) is 9.55 Å². The molecule has 5 nitrogen and oxygen atoms in total. The highest BCUT2D eigenvalue weighted by molar-refractivity contribution is 5.62. The molecule has 0 spiro atoms. The first-order chi connectivity index (χ1) is 8.24. The van der Waals surface area contributed by atoms with Crippen molar-refractivity contribution in [3.05, 3.63) is 47.0 Å². The maximum atomic E-state index is 11.5. The average molecular weight is 230 g/mol. The van der Waals surface area contributed by atoms with Crippen molar-refractivity contribution in [2.75, 3.05) is 5.43 Å². The minimum atomic E-state index is 0.00412. The van der Waals surface area contributed by atoms with Crippen molar-refractivity contribution in [3.63, 3.8) is 0 Å². The van der Waals surface area contributed by atoms with Gasteiger partial charge in [-0.25, -0.2) is 10.8 Å². The molecule has 2 rings (SSSR count). The average Bonchev–Trinajstić information content (AvgIpc) is 2.39. The molecule has 0 amide bonds. The maximum absolute atomic E-state index is 11.5. The van der Waals surface area contributed by atoms with Crippen molar-refractivity contribution in [1.29, 1.82) is 0 Å². The molecule has 2 aromatic rings. The fraction of sp³-hybridized carbons (Fsp3) is 0.167. The van der Waals surface area contributed by atoms with Gasteiger partial charge in [-0.05, 0) is 30.7 Å². The third-order valence-electron chi connectivity index (χ3n) is 2.57. The van der Waals surface area contributed by atoms with E-state index in [1.165, 1.54) is 0 Å². The summed E-state index contributed by atoms with van der Waals surface area (Å²) in [6.07, 6.45) is 3.55. The van der Waals surface area contributed by atoms with Crippen LogP contribution in [0, 0.1) is 0 Å². The van der Waals surface area contributed by atoms with Gasteiger partial charge in [-0.15, -0.1) is 0 Å². The summed E-state index contributed by atoms with van der Waals surface area (Å²) in [5.74, 6) is 5.85. The molecule has 0 saturated heterocycles. The predicted octanol–water partition coefficient (Wildman–Crippen LogP) is 1.22. The van der Waals surface area contributed by atoms with Crippen LogP contribution >= 0.6 is 0 Å². The molecule has 88 valence electrons. The Morgan fingerprint density at radius 2 is 2.06 bits per heavy atom. The molecule has 2 aromatic heterocycles. The Bertz CT molecular complexity index is 559. The molecule has 0 bridgehead atoms. The second kappa shape index (κ2) is 4.80. The monoisotopic (exact) mass is 230 g/mol. The summed E-state index contributed by atoms with van der Waals surface area (Å²) in [4.78, 5) is 15.6. The number of rotatable bonds is 3. The Morgan fingerprint density at radius 3 is 2.65 bits per heavy atom. The van der Waals surface area contributed by atoms with Crippen LogP contribution < -0.4 is 16.8 Å². The number of nitrogens with zero attached hydrogens (tertiary/aromatic N) is 2. The molecule has 2 heterocycles. The number of nitrogens with one attached hydrogen (secondary N) is 1. The number of aryl methyl sites for hydroxylation is 1. The van der Waals surface area contributed by atoms with Crippen LogP contribution in [0.4, 0.5) is 5.82 Å². The summed E-state index contributed by atoms with van der Waals surface area (Å²) in [5, 5.41) is 0. The van der Waals surface area contributed by atoms with Crippen LogP contribution in [0.5, 0.6) is 0 Å². The number of nitrogen functional groups attached to an aromatic ring is 1. The molecule has 0 fully saturated rings. The van der Waals surface area contributed by atoms with Gasteiger partial charge >= 0.3 is 0 Å². The van der Waals surface area contributed by atoms with Gasteiger partial charge in [0.15, 0.2) is 0 Å². The first-order valence-electron chi connectivity index (χ1n) is 5.38. The summed E-state index contributed by atoms with van der Waals surface area (Å²) in [6.45, 7) is 2.59. The van der Waals surface area contributed by atoms with Gasteiger partial charge in [-0.2, -0.15) is 0 Å². The van der Waals surface area contributed by atoms with E-state index in [1.54, 1.807) is 29.0 Å². The zero-order valence-corrected chi connectivity index (χ0v) is 9.55. The van der Waals surface area contributed by atoms with E-state index in [1.807, 2.05) is 19.2 Å². The fourth-order valence-electron chi connectivity index (χ4n) is 1.60. The SMILES string of the molecule is CCn1cc(-c2ccc(NN)nc2)ccc1=O. The quantitative estimate of drug-likeness (QED) is 0.614. The lowest BCUT2D eigenvalue weighted by Gasteiger charge is -2.06. The standard InChI is InChI=1S/C12H14N4O/c1-2-16-8-10(4-6-12(16)17)9-3-5-11(15-13)14-7-9/h3-8H,2,13H2,1H3,(H,14,15). The molecular formula is C12H14N4O. The van der Waals surface area contributed by atoms with Gasteiger partial charge in [0.1, 0.15) is 5.82 Å². The number of nitrogens with two attached hydrogens (primary N) is 1. The second-order valence-corrected chi connectivity index (χ2v) is 3.62. The Hall–Kier alpha value is -2.14. The van der Waals surface area contributed by atoms with Gasteiger partial charge in [0.25, 0.3) is 5.56 Å². The maximum Gasteiger partial charge on any atom is 0.250 e. The second-order valence-electron chi connectivity index (χ2n) is 3.62. The molecule has 0 radical (unpaired) electrons. The van der Waals surface area contributed by atoms with Gasteiger partial charge in [0, 0.05) is 30.6 Å². The summed E-state index contributed by atoms with van der Waals surface area (Å²) in [7, 11) is 0. The fourth-order valence-corrected chi connectivity index (χ4v) is 1.60. The lowest BCUT2D eigenvalue weighted by molar-refractivity contribution is 0.728. The zero-order chi connectivity index (χ0) is 12.3. The van der Waals surface area contributed by atoms with Gasteiger partial charge in [0.2, 0.25) is 0 Å². The van der Waals surface area contributed by atoms with Crippen molar-refractivity contribution in [3.8, 4) is 11.1 Å². The molecule has 0 aromatic carbocycles. The molecule has 0 aliphatic heterocycles. The number of hydrazine groups is 1. The van der Waals surface area contributed by atoms with Crippen molar-refractivity contribution < 1.29 is 0 Å². The third-order valence-corrected chi connectivity index (χ3v) is 2.57. The molecule has 5 heteroatoms. The summed E-state index contributed by atoms with van der Waals surface area (Å²) >= 11 is 0. The summed E-state index contributed by atoms with van der Waals surface area (Å²) in [5.41, 5.74) is 4.39. The minimum Gasteiger partial charge on any atom is -0.315 e. The Morgan fingerprint density at radius 1 is 1.29 bits per heavy atom. The van der Waals surface area contributed by atoms with E-state index in [0.717, 1.165) is 11.1 Å². The molecule has 3 N–H and O–H groups in total. The number of hydrogen-bond donors (Lipinski definition) is 2. The van der Waals surface area contributed by atoms with E-state index < -0.39 is 0 Å². The topological polar surface area (TPSA) is 72.9 Å². The van der Waals surface area contributed by atoms with Crippen LogP contribution in [0.3, 0.4) is 0 Å². The van der Waals surface area contributed by atoms with Gasteiger partial charge in [-0.3, -0.25) is 4.79 Å². The highest BCUT2D eigenvalue weighted by Gasteiger charge is 2.01. The molecule has 0 saturated carbocycles. The molecule has 17 heavy (non-hydrogen) atoms. The van der Waals surface area contributed by atoms with E-state index in [9.17, 15) is 4.79 Å². The largest absolute Gasteiger partial charge is 0.315 e. The lowest BCUT2D eigenvalue weighted by atomic mass is 10.1. The Kier molecular flexibility index (Phi) is 3.20. The van der Waals surface area contributed by atoms with Crippen molar-refractivity contribution in [2.45, 2.75) is 13.5 Å². The molecule has 0 unspecified atom stereocenters. The van der Waals surface area contributed by atoms with E-state index in [2.05, 4.69) is 10.4 Å². The third kappa shape index (κ3) is 2.34. The van der Waals surface area contributed by atoms with E-state index in [-0.39, 0.29) is 5.56 Å². The van der Waals surface area contributed by atoms with Crippen LogP contribution in [0.15, 0.2) is 41.5 Å². The number of aromatic nitrogens is 2. The van der Waals surface area contributed by atoms with E-state index >= 15 is 0 Å². The highest BCUT2D eigenvalue weighted by Crippen LogP contribution is 2.17. The first-order valence-corrected chi connectivity index (χ1v) is 5.38. The summed E-state index contributed by atoms with van der Waals surface area (Å²) < 4.78 is 1.66. The summed E-state index contributed by atoms with van der Waals surface area (Å²) in [6, 6.07) is 7.05. The Balaban J connectivity index is 2.42. The number of pyridine rings is 2. The van der Waals surface area contributed by atoms with E-state index in [4.69, 9.17) is 5.84 Å².